The minimum Gasteiger partial charge on any atom is -0.380 e. The Hall–Kier alpha value is -2.18. The molecule has 1 aromatic carbocycles. The molecule has 0 radical (unpaired) electrons. The average Bonchev–Trinajstić information content (AvgIpc) is 2.91. The Morgan fingerprint density at radius 2 is 2.05 bits per heavy atom. The number of aromatic nitrogens is 2. The number of hydrogen-bond acceptors (Lipinski definition) is 6. The predicted molar refractivity (Wildman–Crippen MR) is 78.0 cm³/mol. The Balaban J connectivity index is 1.90. The van der Waals surface area contributed by atoms with E-state index in [1.807, 2.05) is 0 Å². The second-order valence-corrected chi connectivity index (χ2v) is 6.00. The summed E-state index contributed by atoms with van der Waals surface area (Å²) < 4.78 is 4.69. The summed E-state index contributed by atoms with van der Waals surface area (Å²) in [7, 11) is 0. The van der Waals surface area contributed by atoms with Crippen molar-refractivity contribution < 1.29 is 9.55 Å². The summed E-state index contributed by atoms with van der Waals surface area (Å²) in [4.78, 5) is 10.5. The molecule has 3 unspecified atom stereocenters. The van der Waals surface area contributed by atoms with Gasteiger partial charge in [-0.2, -0.15) is 0 Å². The summed E-state index contributed by atoms with van der Waals surface area (Å²) in [5.74, 6) is 1.31. The van der Waals surface area contributed by atoms with Gasteiger partial charge in [-0.05, 0) is 47.5 Å². The van der Waals surface area contributed by atoms with E-state index < -0.39 is 4.92 Å². The van der Waals surface area contributed by atoms with Crippen molar-refractivity contribution in [1.82, 2.24) is 10.3 Å². The van der Waals surface area contributed by atoms with Crippen LogP contribution in [0.4, 0.5) is 11.4 Å². The van der Waals surface area contributed by atoms with E-state index in [2.05, 4.69) is 34.1 Å². The lowest BCUT2D eigenvalue weighted by atomic mass is 9.80. The lowest BCUT2D eigenvalue weighted by Crippen LogP contribution is -2.33. The number of anilines is 1. The molecule has 0 saturated heterocycles. The van der Waals surface area contributed by atoms with Crippen molar-refractivity contribution in [2.75, 3.05) is 5.32 Å². The second-order valence-electron chi connectivity index (χ2n) is 6.00. The van der Waals surface area contributed by atoms with E-state index in [4.69, 9.17) is 0 Å². The van der Waals surface area contributed by atoms with E-state index in [0.29, 0.717) is 17.5 Å². The van der Waals surface area contributed by atoms with Crippen LogP contribution in [0.15, 0.2) is 16.8 Å². The third kappa shape index (κ3) is 2.55. The van der Waals surface area contributed by atoms with Crippen molar-refractivity contribution in [2.24, 2.45) is 11.8 Å². The fourth-order valence-electron chi connectivity index (χ4n) is 3.20. The Bertz CT molecular complexity index is 669. The zero-order valence-corrected chi connectivity index (χ0v) is 12.1. The van der Waals surface area contributed by atoms with Crippen LogP contribution in [0.5, 0.6) is 0 Å². The van der Waals surface area contributed by atoms with Gasteiger partial charge in [0.15, 0.2) is 5.52 Å². The molecule has 0 amide bonds. The highest BCUT2D eigenvalue weighted by Crippen LogP contribution is 2.34. The Morgan fingerprint density at radius 1 is 1.29 bits per heavy atom. The van der Waals surface area contributed by atoms with Crippen LogP contribution < -0.4 is 5.32 Å². The fraction of sp³-hybridized carbons (Fsp3) is 0.571. The van der Waals surface area contributed by atoms with Crippen LogP contribution in [-0.2, 0) is 0 Å². The fourth-order valence-corrected chi connectivity index (χ4v) is 3.20. The first-order chi connectivity index (χ1) is 10.1. The Kier molecular flexibility index (Phi) is 3.48. The first kappa shape index (κ1) is 13.8. The number of nitro benzene ring substituents is 1. The molecule has 1 aliphatic rings. The number of fused-ring (bicyclic) bond motifs is 1. The normalized spacial score (nSPS) is 25.9. The summed E-state index contributed by atoms with van der Waals surface area (Å²) in [6.45, 7) is 4.51. The molecule has 1 aromatic heterocycles. The number of nitrogens with zero attached hydrogens (tertiary/aromatic N) is 3. The van der Waals surface area contributed by atoms with Crippen molar-refractivity contribution in [3.05, 3.63) is 22.2 Å². The van der Waals surface area contributed by atoms with Gasteiger partial charge >= 0.3 is 5.69 Å². The van der Waals surface area contributed by atoms with Gasteiger partial charge in [0.05, 0.1) is 10.6 Å². The molecule has 1 fully saturated rings. The zero-order valence-electron chi connectivity index (χ0n) is 12.1. The number of hydrogen-bond donors (Lipinski definition) is 1. The molecule has 1 aliphatic carbocycles. The molecule has 7 heteroatoms. The maximum atomic E-state index is 11.0. The number of benzene rings is 1. The summed E-state index contributed by atoms with van der Waals surface area (Å²) in [6, 6.07) is 3.49. The van der Waals surface area contributed by atoms with Crippen LogP contribution in [0.25, 0.3) is 11.0 Å². The second kappa shape index (κ2) is 5.31. The zero-order chi connectivity index (χ0) is 15.0. The molecule has 1 saturated carbocycles. The molecular formula is C14H18N4O3. The van der Waals surface area contributed by atoms with Gasteiger partial charge in [0, 0.05) is 12.1 Å². The van der Waals surface area contributed by atoms with Crippen LogP contribution in [0.3, 0.4) is 0 Å². The lowest BCUT2D eigenvalue weighted by molar-refractivity contribution is -0.383. The molecule has 0 aliphatic heterocycles. The van der Waals surface area contributed by atoms with Crippen LogP contribution in [0, 0.1) is 22.0 Å². The number of nitro groups is 1. The van der Waals surface area contributed by atoms with Crippen LogP contribution >= 0.6 is 0 Å². The molecule has 0 bridgehead atoms. The first-order valence-corrected chi connectivity index (χ1v) is 7.22. The maximum Gasteiger partial charge on any atom is 0.300 e. The highest BCUT2D eigenvalue weighted by Gasteiger charge is 2.27. The van der Waals surface area contributed by atoms with Gasteiger partial charge in [0.25, 0.3) is 0 Å². The van der Waals surface area contributed by atoms with Gasteiger partial charge in [-0.3, -0.25) is 10.1 Å². The molecule has 112 valence electrons. The average molecular weight is 290 g/mol. The molecule has 3 rings (SSSR count). The largest absolute Gasteiger partial charge is 0.380 e. The van der Waals surface area contributed by atoms with Crippen molar-refractivity contribution in [1.29, 1.82) is 0 Å². The molecule has 3 atom stereocenters. The van der Waals surface area contributed by atoms with Gasteiger partial charge in [-0.1, -0.05) is 13.8 Å². The van der Waals surface area contributed by atoms with Crippen LogP contribution in [0.2, 0.25) is 0 Å². The van der Waals surface area contributed by atoms with E-state index in [1.165, 1.54) is 18.9 Å². The highest BCUT2D eigenvalue weighted by molar-refractivity contribution is 5.93. The predicted octanol–water partition coefficient (Wildman–Crippen LogP) is 3.37. The molecule has 1 N–H and O–H groups in total. The number of rotatable bonds is 3. The molecule has 0 spiro atoms. The quantitative estimate of drug-likeness (QED) is 0.688. The van der Waals surface area contributed by atoms with Gasteiger partial charge in [0.1, 0.15) is 0 Å². The third-order valence-corrected chi connectivity index (χ3v) is 4.36. The van der Waals surface area contributed by atoms with E-state index in [1.54, 1.807) is 6.07 Å². The standard InChI is InChI=1S/C14H18N4O3/c1-8-3-4-10(9(2)7-8)15-11-5-6-12(18(19)20)14-13(11)16-21-17-14/h5-6,8-10,15H,3-4,7H2,1-2H3. The molecule has 7 nitrogen and oxygen atoms in total. The smallest absolute Gasteiger partial charge is 0.300 e. The molecule has 2 aromatic rings. The Labute approximate surface area is 121 Å². The number of nitrogens with one attached hydrogen (secondary N) is 1. The van der Waals surface area contributed by atoms with Crippen molar-refractivity contribution in [3.63, 3.8) is 0 Å². The van der Waals surface area contributed by atoms with E-state index in [9.17, 15) is 10.1 Å². The van der Waals surface area contributed by atoms with E-state index in [0.717, 1.165) is 18.0 Å². The minimum absolute atomic E-state index is 0.0814. The molecule has 1 heterocycles. The van der Waals surface area contributed by atoms with Gasteiger partial charge in [-0.15, -0.1) is 0 Å². The lowest BCUT2D eigenvalue weighted by Gasteiger charge is -2.33. The van der Waals surface area contributed by atoms with Crippen LogP contribution in [-0.4, -0.2) is 21.3 Å². The summed E-state index contributed by atoms with van der Waals surface area (Å²) in [5, 5.41) is 21.9. The van der Waals surface area contributed by atoms with E-state index >= 15 is 0 Å². The van der Waals surface area contributed by atoms with Crippen molar-refractivity contribution in [3.8, 4) is 0 Å². The number of non-ortho nitro benzene ring substituents is 1. The minimum atomic E-state index is -0.471. The summed E-state index contributed by atoms with van der Waals surface area (Å²) in [6.07, 6.45) is 3.46. The van der Waals surface area contributed by atoms with Crippen molar-refractivity contribution >= 4 is 22.4 Å². The molecular weight excluding hydrogens is 272 g/mol. The van der Waals surface area contributed by atoms with Gasteiger partial charge < -0.3 is 5.32 Å². The SMILES string of the molecule is CC1CCC(Nc2ccc([N+](=O)[O-])c3nonc23)C(C)C1. The maximum absolute atomic E-state index is 11.0. The topological polar surface area (TPSA) is 94.1 Å². The van der Waals surface area contributed by atoms with Crippen molar-refractivity contribution in [2.45, 2.75) is 39.2 Å². The van der Waals surface area contributed by atoms with Gasteiger partial charge in [0.2, 0.25) is 5.52 Å². The van der Waals surface area contributed by atoms with E-state index in [-0.39, 0.29) is 11.2 Å². The first-order valence-electron chi connectivity index (χ1n) is 7.22. The Morgan fingerprint density at radius 3 is 2.76 bits per heavy atom. The summed E-state index contributed by atoms with van der Waals surface area (Å²) in [5.41, 5.74) is 1.29. The monoisotopic (exact) mass is 290 g/mol. The highest BCUT2D eigenvalue weighted by atomic mass is 16.6. The molecule has 21 heavy (non-hydrogen) atoms. The summed E-state index contributed by atoms with van der Waals surface area (Å²) >= 11 is 0. The van der Waals surface area contributed by atoms with Gasteiger partial charge in [-0.25, -0.2) is 4.63 Å². The van der Waals surface area contributed by atoms with Crippen LogP contribution in [0.1, 0.15) is 33.1 Å². The third-order valence-electron chi connectivity index (χ3n) is 4.36.